The second-order valence-corrected chi connectivity index (χ2v) is 5.04. The molecule has 1 aliphatic rings. The first kappa shape index (κ1) is 12.2. The Morgan fingerprint density at radius 1 is 1.59 bits per heavy atom. The second-order valence-electron chi connectivity index (χ2n) is 4.18. The van der Waals surface area contributed by atoms with E-state index in [1.165, 1.54) is 0 Å². The van der Waals surface area contributed by atoms with E-state index in [9.17, 15) is 4.79 Å². The van der Waals surface area contributed by atoms with Crippen LogP contribution < -0.4 is 10.5 Å². The van der Waals surface area contributed by atoms with Gasteiger partial charge < -0.3 is 15.4 Å². The van der Waals surface area contributed by atoms with Crippen LogP contribution in [0.25, 0.3) is 0 Å². The number of nitrogens with zero attached hydrogens (tertiary/aromatic N) is 1. The molecule has 0 saturated heterocycles. The van der Waals surface area contributed by atoms with Crippen LogP contribution in [0.5, 0.6) is 5.75 Å². The van der Waals surface area contributed by atoms with Crippen LogP contribution in [-0.2, 0) is 4.79 Å². The van der Waals surface area contributed by atoms with Gasteiger partial charge in [-0.1, -0.05) is 6.07 Å². The Balaban J connectivity index is 1.95. The lowest BCUT2D eigenvalue weighted by atomic mass is 10.3. The molecule has 17 heavy (non-hydrogen) atoms. The Kier molecular flexibility index (Phi) is 3.57. The molecule has 0 aliphatic heterocycles. The van der Waals surface area contributed by atoms with Crippen LogP contribution in [0.3, 0.4) is 0 Å². The number of anilines is 1. The molecule has 0 radical (unpaired) electrons. The summed E-state index contributed by atoms with van der Waals surface area (Å²) in [6, 6.07) is 5.81. The quantitative estimate of drug-likeness (QED) is 0.866. The molecule has 2 rings (SSSR count). The van der Waals surface area contributed by atoms with Gasteiger partial charge in [-0.05, 0) is 40.9 Å². The fourth-order valence-electron chi connectivity index (χ4n) is 1.58. The summed E-state index contributed by atoms with van der Waals surface area (Å²) in [6.07, 6.45) is 2.19. The van der Waals surface area contributed by atoms with Crippen molar-refractivity contribution in [3.8, 4) is 5.75 Å². The molecule has 2 N–H and O–H groups in total. The van der Waals surface area contributed by atoms with Crippen molar-refractivity contribution in [2.45, 2.75) is 18.9 Å². The van der Waals surface area contributed by atoms with Crippen molar-refractivity contribution in [2.24, 2.45) is 0 Å². The van der Waals surface area contributed by atoms with Crippen LogP contribution in [0.2, 0.25) is 0 Å². The van der Waals surface area contributed by atoms with Crippen LogP contribution in [0.1, 0.15) is 12.8 Å². The Morgan fingerprint density at radius 2 is 2.29 bits per heavy atom. The number of para-hydroxylation sites is 1. The summed E-state index contributed by atoms with van der Waals surface area (Å²) in [7, 11) is 1.81. The summed E-state index contributed by atoms with van der Waals surface area (Å²) in [4.78, 5) is 13.5. The van der Waals surface area contributed by atoms with Gasteiger partial charge in [0.2, 0.25) is 0 Å². The molecule has 1 amide bonds. The Labute approximate surface area is 109 Å². The highest BCUT2D eigenvalue weighted by atomic mass is 79.9. The third-order valence-corrected chi connectivity index (χ3v) is 3.45. The van der Waals surface area contributed by atoms with Gasteiger partial charge in [0.1, 0.15) is 0 Å². The van der Waals surface area contributed by atoms with E-state index in [-0.39, 0.29) is 12.5 Å². The molecule has 0 bridgehead atoms. The van der Waals surface area contributed by atoms with E-state index in [4.69, 9.17) is 10.5 Å². The standard InChI is InChI=1S/C12H15BrN2O2/c1-15(8-5-6-8)11(16)7-17-12-9(13)3-2-4-10(12)14/h2-4,8H,5-7,14H2,1H3. The number of benzene rings is 1. The summed E-state index contributed by atoms with van der Waals surface area (Å²) >= 11 is 3.35. The molecule has 1 aromatic rings. The molecular formula is C12H15BrN2O2. The zero-order chi connectivity index (χ0) is 12.4. The van der Waals surface area contributed by atoms with Gasteiger partial charge in [0.05, 0.1) is 10.2 Å². The molecular weight excluding hydrogens is 284 g/mol. The van der Waals surface area contributed by atoms with E-state index in [1.54, 1.807) is 11.0 Å². The number of halogens is 1. The summed E-state index contributed by atoms with van der Waals surface area (Å²) in [5.74, 6) is 0.521. The van der Waals surface area contributed by atoms with Gasteiger partial charge in [-0.25, -0.2) is 0 Å². The number of nitrogen functional groups attached to an aromatic ring is 1. The monoisotopic (exact) mass is 298 g/mol. The number of likely N-dealkylation sites (N-methyl/N-ethyl adjacent to an activating group) is 1. The number of rotatable bonds is 4. The van der Waals surface area contributed by atoms with E-state index >= 15 is 0 Å². The first-order chi connectivity index (χ1) is 8.09. The third kappa shape index (κ3) is 2.91. The van der Waals surface area contributed by atoms with Gasteiger partial charge in [-0.2, -0.15) is 0 Å². The molecule has 0 unspecified atom stereocenters. The van der Waals surface area contributed by atoms with Gasteiger partial charge >= 0.3 is 0 Å². The summed E-state index contributed by atoms with van der Waals surface area (Å²) < 4.78 is 6.23. The molecule has 1 aromatic carbocycles. The fraction of sp³-hybridized carbons (Fsp3) is 0.417. The number of hydrogen-bond donors (Lipinski definition) is 1. The van der Waals surface area contributed by atoms with Gasteiger partial charge in [0.25, 0.3) is 5.91 Å². The smallest absolute Gasteiger partial charge is 0.260 e. The highest BCUT2D eigenvalue weighted by Gasteiger charge is 2.29. The van der Waals surface area contributed by atoms with Gasteiger partial charge in [-0.15, -0.1) is 0 Å². The molecule has 4 nitrogen and oxygen atoms in total. The van der Waals surface area contributed by atoms with Crippen molar-refractivity contribution < 1.29 is 9.53 Å². The van der Waals surface area contributed by atoms with Crippen molar-refractivity contribution in [3.05, 3.63) is 22.7 Å². The van der Waals surface area contributed by atoms with Crippen molar-refractivity contribution in [1.82, 2.24) is 4.90 Å². The highest BCUT2D eigenvalue weighted by Crippen LogP contribution is 2.31. The third-order valence-electron chi connectivity index (χ3n) is 2.83. The summed E-state index contributed by atoms with van der Waals surface area (Å²) in [5.41, 5.74) is 6.30. The van der Waals surface area contributed by atoms with Gasteiger partial charge in [-0.3, -0.25) is 4.79 Å². The molecule has 0 atom stereocenters. The Morgan fingerprint density at radius 3 is 2.88 bits per heavy atom. The van der Waals surface area contributed by atoms with E-state index in [1.807, 2.05) is 19.2 Å². The first-order valence-corrected chi connectivity index (χ1v) is 6.31. The first-order valence-electron chi connectivity index (χ1n) is 5.52. The number of ether oxygens (including phenoxy) is 1. The topological polar surface area (TPSA) is 55.6 Å². The molecule has 1 fully saturated rings. The van der Waals surface area contributed by atoms with Crippen molar-refractivity contribution in [1.29, 1.82) is 0 Å². The van der Waals surface area contributed by atoms with E-state index < -0.39 is 0 Å². The number of hydrogen-bond acceptors (Lipinski definition) is 3. The number of carbonyl (C=O) groups is 1. The lowest BCUT2D eigenvalue weighted by Crippen LogP contribution is -2.33. The molecule has 1 saturated carbocycles. The molecule has 0 heterocycles. The molecule has 1 aliphatic carbocycles. The number of amides is 1. The lowest BCUT2D eigenvalue weighted by molar-refractivity contribution is -0.132. The normalized spacial score (nSPS) is 14.5. The van der Waals surface area contributed by atoms with Crippen LogP contribution in [0, 0.1) is 0 Å². The lowest BCUT2D eigenvalue weighted by Gasteiger charge is -2.17. The fourth-order valence-corrected chi connectivity index (χ4v) is 2.07. The van der Waals surface area contributed by atoms with Crippen molar-refractivity contribution in [3.63, 3.8) is 0 Å². The zero-order valence-electron chi connectivity index (χ0n) is 9.65. The summed E-state index contributed by atoms with van der Waals surface area (Å²) in [6.45, 7) is 0.0276. The van der Waals surface area contributed by atoms with Gasteiger partial charge in [0.15, 0.2) is 12.4 Å². The van der Waals surface area contributed by atoms with Crippen LogP contribution in [-0.4, -0.2) is 30.5 Å². The van der Waals surface area contributed by atoms with Crippen LogP contribution in [0.15, 0.2) is 22.7 Å². The maximum atomic E-state index is 11.8. The number of nitrogens with two attached hydrogens (primary N) is 1. The minimum absolute atomic E-state index is 0.0114. The maximum Gasteiger partial charge on any atom is 0.260 e. The second kappa shape index (κ2) is 4.96. The molecule has 0 aromatic heterocycles. The predicted molar refractivity (Wildman–Crippen MR) is 69.8 cm³/mol. The highest BCUT2D eigenvalue weighted by molar-refractivity contribution is 9.10. The largest absolute Gasteiger partial charge is 0.480 e. The average molecular weight is 299 g/mol. The Hall–Kier alpha value is -1.23. The van der Waals surface area contributed by atoms with Crippen LogP contribution in [0.4, 0.5) is 5.69 Å². The maximum absolute atomic E-state index is 11.8. The van der Waals surface area contributed by atoms with Crippen LogP contribution >= 0.6 is 15.9 Å². The van der Waals surface area contributed by atoms with Crippen molar-refractivity contribution in [2.75, 3.05) is 19.4 Å². The SMILES string of the molecule is CN(C(=O)COc1c(N)cccc1Br)C1CC1. The zero-order valence-corrected chi connectivity index (χ0v) is 11.2. The summed E-state index contributed by atoms with van der Waals surface area (Å²) in [5, 5.41) is 0. The Bertz CT molecular complexity index is 412. The van der Waals surface area contributed by atoms with Gasteiger partial charge in [0, 0.05) is 13.1 Å². The molecule has 5 heteroatoms. The van der Waals surface area contributed by atoms with E-state index in [0.29, 0.717) is 17.5 Å². The predicted octanol–water partition coefficient (Wildman–Crippen LogP) is 2.03. The average Bonchev–Trinajstić information content (AvgIpc) is 3.11. The van der Waals surface area contributed by atoms with Crippen molar-refractivity contribution >= 4 is 27.5 Å². The van der Waals surface area contributed by atoms with E-state index in [0.717, 1.165) is 17.3 Å². The minimum Gasteiger partial charge on any atom is -0.480 e. The minimum atomic E-state index is -0.0114. The molecule has 0 spiro atoms. The van der Waals surface area contributed by atoms with E-state index in [2.05, 4.69) is 15.9 Å². The molecule has 92 valence electrons. The number of carbonyl (C=O) groups excluding carboxylic acids is 1.